The zero-order chi connectivity index (χ0) is 16.8. The number of ether oxygens (including phenoxy) is 2. The zero-order valence-corrected chi connectivity index (χ0v) is 14.1. The van der Waals surface area contributed by atoms with Crippen LogP contribution in [0.15, 0.2) is 18.2 Å². The van der Waals surface area contributed by atoms with E-state index < -0.39 is 0 Å². The molecule has 5 heteroatoms. The molecular weight excluding hydrogens is 294 g/mol. The normalized spacial score (nSPS) is 17.7. The number of rotatable bonds is 5. The topological polar surface area (TPSA) is 55.8 Å². The fourth-order valence-corrected chi connectivity index (χ4v) is 2.91. The van der Waals surface area contributed by atoms with Crippen LogP contribution in [0.4, 0.5) is 0 Å². The number of carbonyl (C=O) groups excluding carboxylic acids is 2. The van der Waals surface area contributed by atoms with Gasteiger partial charge in [-0.25, -0.2) is 0 Å². The first kappa shape index (κ1) is 17.3. The molecule has 1 saturated heterocycles. The maximum Gasteiger partial charge on any atom is 0.310 e. The second-order valence-corrected chi connectivity index (χ2v) is 5.94. The Kier molecular flexibility index (Phi) is 6.02. The molecule has 0 N–H and O–H groups in total. The van der Waals surface area contributed by atoms with Gasteiger partial charge in [-0.1, -0.05) is 18.2 Å². The third-order valence-electron chi connectivity index (χ3n) is 4.14. The summed E-state index contributed by atoms with van der Waals surface area (Å²) in [6.07, 6.45) is 1.60. The number of piperidine rings is 1. The predicted octanol–water partition coefficient (Wildman–Crippen LogP) is 2.48. The van der Waals surface area contributed by atoms with Crippen molar-refractivity contribution in [2.75, 3.05) is 26.3 Å². The summed E-state index contributed by atoms with van der Waals surface area (Å²) >= 11 is 0. The number of hydrogen-bond donors (Lipinski definition) is 0. The Labute approximate surface area is 137 Å². The van der Waals surface area contributed by atoms with Crippen LogP contribution in [0, 0.1) is 19.8 Å². The molecular formula is C18H25NO4. The van der Waals surface area contributed by atoms with Gasteiger partial charge in [0.15, 0.2) is 6.61 Å². The van der Waals surface area contributed by atoms with Gasteiger partial charge in [0.1, 0.15) is 5.75 Å². The van der Waals surface area contributed by atoms with E-state index in [1.54, 1.807) is 11.8 Å². The summed E-state index contributed by atoms with van der Waals surface area (Å²) in [5.74, 6) is 0.259. The van der Waals surface area contributed by atoms with Gasteiger partial charge in [-0.05, 0) is 44.7 Å². The molecule has 1 atom stereocenters. The molecule has 1 aromatic carbocycles. The highest BCUT2D eigenvalue weighted by Gasteiger charge is 2.29. The maximum atomic E-state index is 12.4. The molecule has 5 nitrogen and oxygen atoms in total. The quantitative estimate of drug-likeness (QED) is 0.783. The van der Waals surface area contributed by atoms with E-state index in [-0.39, 0.29) is 24.4 Å². The van der Waals surface area contributed by atoms with E-state index >= 15 is 0 Å². The third-order valence-corrected chi connectivity index (χ3v) is 4.14. The van der Waals surface area contributed by atoms with Gasteiger partial charge < -0.3 is 14.4 Å². The SMILES string of the molecule is CCOC(=O)C1CCCN(C(=O)COc2c(C)cccc2C)C1. The smallest absolute Gasteiger partial charge is 0.310 e. The van der Waals surface area contributed by atoms with Crippen LogP contribution in [0.3, 0.4) is 0 Å². The number of likely N-dealkylation sites (tertiary alicyclic amines) is 1. The Balaban J connectivity index is 1.91. The average molecular weight is 319 g/mol. The van der Waals surface area contributed by atoms with Crippen LogP contribution in [-0.4, -0.2) is 43.1 Å². The molecule has 23 heavy (non-hydrogen) atoms. The maximum absolute atomic E-state index is 12.4. The molecule has 1 aliphatic rings. The second-order valence-electron chi connectivity index (χ2n) is 5.94. The number of hydrogen-bond acceptors (Lipinski definition) is 4. The summed E-state index contributed by atoms with van der Waals surface area (Å²) in [5.41, 5.74) is 2.03. The fourth-order valence-electron chi connectivity index (χ4n) is 2.91. The number of para-hydroxylation sites is 1. The van der Waals surface area contributed by atoms with Crippen molar-refractivity contribution >= 4 is 11.9 Å². The molecule has 1 aromatic rings. The predicted molar refractivity (Wildman–Crippen MR) is 87.3 cm³/mol. The Morgan fingerprint density at radius 3 is 2.61 bits per heavy atom. The van der Waals surface area contributed by atoms with Crippen molar-refractivity contribution in [3.05, 3.63) is 29.3 Å². The number of carbonyl (C=O) groups is 2. The van der Waals surface area contributed by atoms with E-state index in [9.17, 15) is 9.59 Å². The molecule has 0 bridgehead atoms. The Hall–Kier alpha value is -2.04. The summed E-state index contributed by atoms with van der Waals surface area (Å²) in [6.45, 7) is 7.19. The molecule has 0 aromatic heterocycles. The summed E-state index contributed by atoms with van der Waals surface area (Å²) in [6, 6.07) is 5.89. The van der Waals surface area contributed by atoms with E-state index in [4.69, 9.17) is 9.47 Å². The van der Waals surface area contributed by atoms with Crippen LogP contribution < -0.4 is 4.74 Å². The third kappa shape index (κ3) is 4.47. The number of nitrogens with zero attached hydrogens (tertiary/aromatic N) is 1. The van der Waals surface area contributed by atoms with E-state index in [1.807, 2.05) is 32.0 Å². The molecule has 1 aliphatic heterocycles. The number of esters is 1. The summed E-state index contributed by atoms with van der Waals surface area (Å²) in [4.78, 5) is 25.9. The largest absolute Gasteiger partial charge is 0.483 e. The van der Waals surface area contributed by atoms with Crippen molar-refractivity contribution in [2.24, 2.45) is 5.92 Å². The Morgan fingerprint density at radius 2 is 1.96 bits per heavy atom. The van der Waals surface area contributed by atoms with E-state index in [0.717, 1.165) is 29.7 Å². The number of aryl methyl sites for hydroxylation is 2. The van der Waals surface area contributed by atoms with Gasteiger partial charge in [0.25, 0.3) is 5.91 Å². The van der Waals surface area contributed by atoms with E-state index in [2.05, 4.69) is 0 Å². The minimum atomic E-state index is -0.215. The lowest BCUT2D eigenvalue weighted by Crippen LogP contribution is -2.44. The van der Waals surface area contributed by atoms with Crippen LogP contribution in [0.2, 0.25) is 0 Å². The van der Waals surface area contributed by atoms with Crippen molar-refractivity contribution in [1.29, 1.82) is 0 Å². The van der Waals surface area contributed by atoms with Crippen molar-refractivity contribution in [3.63, 3.8) is 0 Å². The molecule has 126 valence electrons. The molecule has 2 rings (SSSR count). The van der Waals surface area contributed by atoms with Gasteiger partial charge in [-0.2, -0.15) is 0 Å². The molecule has 0 aliphatic carbocycles. The molecule has 1 unspecified atom stereocenters. The highest BCUT2D eigenvalue weighted by Crippen LogP contribution is 2.23. The van der Waals surface area contributed by atoms with Crippen LogP contribution in [-0.2, 0) is 14.3 Å². The average Bonchev–Trinajstić information content (AvgIpc) is 2.54. The molecule has 0 saturated carbocycles. The summed E-state index contributed by atoms with van der Waals surface area (Å²) in [5, 5.41) is 0. The monoisotopic (exact) mass is 319 g/mol. The molecule has 0 radical (unpaired) electrons. The van der Waals surface area contributed by atoms with Gasteiger partial charge in [0.2, 0.25) is 0 Å². The lowest BCUT2D eigenvalue weighted by molar-refractivity contribution is -0.151. The van der Waals surface area contributed by atoms with Crippen molar-refractivity contribution in [3.8, 4) is 5.75 Å². The zero-order valence-electron chi connectivity index (χ0n) is 14.1. The standard InChI is InChI=1S/C18H25NO4/c1-4-22-18(21)15-9-6-10-19(11-15)16(20)12-23-17-13(2)7-5-8-14(17)3/h5,7-8,15H,4,6,9-12H2,1-3H3. The van der Waals surface area contributed by atoms with Crippen LogP contribution >= 0.6 is 0 Å². The van der Waals surface area contributed by atoms with Crippen LogP contribution in [0.5, 0.6) is 5.75 Å². The van der Waals surface area contributed by atoms with E-state index in [0.29, 0.717) is 19.7 Å². The minimum Gasteiger partial charge on any atom is -0.483 e. The van der Waals surface area contributed by atoms with Gasteiger partial charge >= 0.3 is 5.97 Å². The van der Waals surface area contributed by atoms with Gasteiger partial charge in [0, 0.05) is 13.1 Å². The molecule has 1 fully saturated rings. The first-order valence-electron chi connectivity index (χ1n) is 8.16. The van der Waals surface area contributed by atoms with Gasteiger partial charge in [-0.3, -0.25) is 9.59 Å². The summed E-state index contributed by atoms with van der Waals surface area (Å²) in [7, 11) is 0. The highest BCUT2D eigenvalue weighted by molar-refractivity contribution is 5.79. The van der Waals surface area contributed by atoms with Gasteiger partial charge in [0.05, 0.1) is 12.5 Å². The number of benzene rings is 1. The lowest BCUT2D eigenvalue weighted by Gasteiger charge is -2.31. The Bertz CT molecular complexity index is 550. The second kappa shape index (κ2) is 7.99. The van der Waals surface area contributed by atoms with Crippen molar-refractivity contribution < 1.29 is 19.1 Å². The Morgan fingerprint density at radius 1 is 1.26 bits per heavy atom. The minimum absolute atomic E-state index is 0.00123. The van der Waals surface area contributed by atoms with Crippen molar-refractivity contribution in [1.82, 2.24) is 4.90 Å². The first-order valence-corrected chi connectivity index (χ1v) is 8.16. The van der Waals surface area contributed by atoms with Crippen molar-refractivity contribution in [2.45, 2.75) is 33.6 Å². The van der Waals surface area contributed by atoms with E-state index in [1.165, 1.54) is 0 Å². The van der Waals surface area contributed by atoms with Gasteiger partial charge in [-0.15, -0.1) is 0 Å². The first-order chi connectivity index (χ1) is 11.0. The van der Waals surface area contributed by atoms with Crippen LogP contribution in [0.1, 0.15) is 30.9 Å². The van der Waals surface area contributed by atoms with Crippen LogP contribution in [0.25, 0.3) is 0 Å². The fraction of sp³-hybridized carbons (Fsp3) is 0.556. The highest BCUT2D eigenvalue weighted by atomic mass is 16.5. The molecule has 0 spiro atoms. The summed E-state index contributed by atoms with van der Waals surface area (Å²) < 4.78 is 10.8. The molecule has 1 amide bonds. The lowest BCUT2D eigenvalue weighted by atomic mass is 9.98. The number of amides is 1. The molecule has 1 heterocycles.